The third kappa shape index (κ3) is 4.36. The molecule has 34 heavy (non-hydrogen) atoms. The first kappa shape index (κ1) is 22.4. The van der Waals surface area contributed by atoms with E-state index < -0.39 is 12.1 Å². The highest BCUT2D eigenvalue weighted by molar-refractivity contribution is 6.07. The molecule has 1 saturated carbocycles. The molecule has 1 N–H and O–H groups in total. The minimum atomic E-state index is -4.15. The van der Waals surface area contributed by atoms with Gasteiger partial charge in [-0.2, -0.15) is 23.4 Å². The summed E-state index contributed by atoms with van der Waals surface area (Å²) in [5.41, 5.74) is 2.63. The summed E-state index contributed by atoms with van der Waals surface area (Å²) in [5, 5.41) is 11.9. The third-order valence-corrected chi connectivity index (χ3v) is 6.71. The Balaban J connectivity index is 1.42. The van der Waals surface area contributed by atoms with E-state index in [4.69, 9.17) is 5.10 Å². The molecular formula is C24H25F3N6O. The number of nitrogens with one attached hydrogen (secondary N) is 1. The van der Waals surface area contributed by atoms with Crippen LogP contribution in [0.5, 0.6) is 0 Å². The summed E-state index contributed by atoms with van der Waals surface area (Å²) in [6.07, 6.45) is 8.50. The molecule has 2 aliphatic carbocycles. The fourth-order valence-electron chi connectivity index (χ4n) is 4.74. The average Bonchev–Trinajstić information content (AvgIpc) is 3.44. The smallest absolute Gasteiger partial charge is 0.307 e. The minimum absolute atomic E-state index is 0.0704. The first-order valence-corrected chi connectivity index (χ1v) is 11.4. The van der Waals surface area contributed by atoms with E-state index >= 15 is 0 Å². The standard InChI is InChI=1S/C24H25F3N6O/c1-15-3-9-18(10-4-15)33-21(30-23(34)19-14-29-32-12-2-11-28-22(19)32)13-20(31-33)16-5-7-17(8-6-16)24(25,26)27/h2-4,9,11-14,16-18H,5-8,10H2,1H3,(H,30,34). The number of fused-ring (bicyclic) bond motifs is 1. The van der Waals surface area contributed by atoms with Crippen molar-refractivity contribution in [1.82, 2.24) is 24.4 Å². The van der Waals surface area contributed by atoms with Gasteiger partial charge in [0.25, 0.3) is 5.91 Å². The van der Waals surface area contributed by atoms with Gasteiger partial charge in [0.05, 0.1) is 23.9 Å². The SMILES string of the molecule is CC1=CCC(n2nc(C3CCC(C(F)(F)F)CC3)cc2NC(=O)c2cnn3cccnc23)C=C1. The molecule has 2 aliphatic rings. The maximum absolute atomic E-state index is 13.1. The van der Waals surface area contributed by atoms with Crippen molar-refractivity contribution < 1.29 is 18.0 Å². The lowest BCUT2D eigenvalue weighted by Gasteiger charge is -2.28. The van der Waals surface area contributed by atoms with Crippen LogP contribution < -0.4 is 5.32 Å². The molecule has 1 atom stereocenters. The molecule has 5 rings (SSSR count). The number of nitrogens with zero attached hydrogens (tertiary/aromatic N) is 5. The maximum Gasteiger partial charge on any atom is 0.391 e. The van der Waals surface area contributed by atoms with Crippen LogP contribution in [0.1, 0.15) is 67.0 Å². The first-order valence-electron chi connectivity index (χ1n) is 11.4. The molecule has 7 nitrogen and oxygen atoms in total. The van der Waals surface area contributed by atoms with Crippen molar-refractivity contribution in [2.45, 2.75) is 57.2 Å². The molecule has 3 aromatic heterocycles. The molecule has 178 valence electrons. The van der Waals surface area contributed by atoms with Crippen LogP contribution in [0, 0.1) is 5.92 Å². The Morgan fingerprint density at radius 2 is 2.00 bits per heavy atom. The summed E-state index contributed by atoms with van der Waals surface area (Å²) in [6, 6.07) is 3.43. The molecule has 1 unspecified atom stereocenters. The predicted octanol–water partition coefficient (Wildman–Crippen LogP) is 5.46. The lowest BCUT2D eigenvalue weighted by atomic mass is 9.80. The highest BCUT2D eigenvalue weighted by atomic mass is 19.4. The van der Waals surface area contributed by atoms with E-state index in [1.54, 1.807) is 29.2 Å². The summed E-state index contributed by atoms with van der Waals surface area (Å²) in [5.74, 6) is -1.17. The number of allylic oxidation sites excluding steroid dienone is 4. The zero-order valence-corrected chi connectivity index (χ0v) is 18.7. The highest BCUT2D eigenvalue weighted by Gasteiger charge is 2.42. The summed E-state index contributed by atoms with van der Waals surface area (Å²) < 4.78 is 42.6. The van der Waals surface area contributed by atoms with Crippen molar-refractivity contribution >= 4 is 17.4 Å². The van der Waals surface area contributed by atoms with Gasteiger partial charge in [-0.05, 0) is 45.1 Å². The zero-order chi connectivity index (χ0) is 23.9. The van der Waals surface area contributed by atoms with Crippen LogP contribution in [-0.2, 0) is 0 Å². The van der Waals surface area contributed by atoms with Crippen LogP contribution in [-0.4, -0.2) is 36.5 Å². The van der Waals surface area contributed by atoms with Gasteiger partial charge in [-0.15, -0.1) is 0 Å². The minimum Gasteiger partial charge on any atom is -0.307 e. The van der Waals surface area contributed by atoms with Crippen LogP contribution in [0.25, 0.3) is 5.65 Å². The van der Waals surface area contributed by atoms with Gasteiger partial charge in [0.2, 0.25) is 0 Å². The molecular weight excluding hydrogens is 445 g/mol. The molecule has 0 radical (unpaired) electrons. The van der Waals surface area contributed by atoms with E-state index in [-0.39, 0.29) is 30.7 Å². The zero-order valence-electron chi connectivity index (χ0n) is 18.7. The Labute approximate surface area is 194 Å². The molecule has 1 fully saturated rings. The first-order chi connectivity index (χ1) is 16.3. The number of aromatic nitrogens is 5. The predicted molar refractivity (Wildman–Crippen MR) is 120 cm³/mol. The fraction of sp³-hybridized carbons (Fsp3) is 0.417. The van der Waals surface area contributed by atoms with Gasteiger partial charge in [-0.25, -0.2) is 14.2 Å². The van der Waals surface area contributed by atoms with Gasteiger partial charge in [-0.1, -0.05) is 23.8 Å². The third-order valence-electron chi connectivity index (χ3n) is 6.71. The van der Waals surface area contributed by atoms with Gasteiger partial charge >= 0.3 is 6.18 Å². The highest BCUT2D eigenvalue weighted by Crippen LogP contribution is 2.43. The second-order valence-electron chi connectivity index (χ2n) is 9.00. The quantitative estimate of drug-likeness (QED) is 0.549. The number of amides is 1. The van der Waals surface area contributed by atoms with Crippen molar-refractivity contribution in [3.05, 3.63) is 65.8 Å². The molecule has 0 aliphatic heterocycles. The van der Waals surface area contributed by atoms with Gasteiger partial charge in [0.15, 0.2) is 5.65 Å². The number of anilines is 1. The lowest BCUT2D eigenvalue weighted by molar-refractivity contribution is -0.182. The summed E-state index contributed by atoms with van der Waals surface area (Å²) in [7, 11) is 0. The van der Waals surface area contributed by atoms with E-state index in [1.165, 1.54) is 10.7 Å². The Kier molecular flexibility index (Phi) is 5.75. The number of carbonyl (C=O) groups excluding carboxylic acids is 1. The Hall–Kier alpha value is -3.43. The summed E-state index contributed by atoms with van der Waals surface area (Å²) in [6.45, 7) is 2.02. The van der Waals surface area contributed by atoms with Crippen LogP contribution >= 0.6 is 0 Å². The molecule has 3 aromatic rings. The largest absolute Gasteiger partial charge is 0.391 e. The van der Waals surface area contributed by atoms with Crippen molar-refractivity contribution in [3.63, 3.8) is 0 Å². The monoisotopic (exact) mass is 470 g/mol. The van der Waals surface area contributed by atoms with Gasteiger partial charge in [-0.3, -0.25) is 4.79 Å². The molecule has 0 spiro atoms. The van der Waals surface area contributed by atoms with Crippen molar-refractivity contribution in [2.75, 3.05) is 5.32 Å². The average molecular weight is 470 g/mol. The number of halogens is 3. The maximum atomic E-state index is 13.1. The number of hydrogen-bond acceptors (Lipinski definition) is 4. The lowest BCUT2D eigenvalue weighted by Crippen LogP contribution is -2.27. The van der Waals surface area contributed by atoms with Gasteiger partial charge < -0.3 is 5.32 Å². The molecule has 0 aromatic carbocycles. The second kappa shape index (κ2) is 8.73. The van der Waals surface area contributed by atoms with Crippen molar-refractivity contribution in [2.24, 2.45) is 5.92 Å². The van der Waals surface area contributed by atoms with Crippen LogP contribution in [0.2, 0.25) is 0 Å². The molecule has 0 saturated heterocycles. The number of alkyl halides is 3. The van der Waals surface area contributed by atoms with Crippen LogP contribution in [0.4, 0.5) is 19.0 Å². The molecule has 1 amide bonds. The fourth-order valence-corrected chi connectivity index (χ4v) is 4.74. The van der Waals surface area contributed by atoms with Crippen LogP contribution in [0.3, 0.4) is 0 Å². The van der Waals surface area contributed by atoms with E-state index in [2.05, 4.69) is 21.5 Å². The number of carbonyl (C=O) groups is 1. The summed E-state index contributed by atoms with van der Waals surface area (Å²) in [4.78, 5) is 17.4. The Morgan fingerprint density at radius 1 is 1.21 bits per heavy atom. The molecule has 0 bridgehead atoms. The normalized spacial score (nSPS) is 23.2. The van der Waals surface area contributed by atoms with Crippen LogP contribution in [0.15, 0.2) is 54.5 Å². The van der Waals surface area contributed by atoms with Crippen molar-refractivity contribution in [3.8, 4) is 0 Å². The number of rotatable bonds is 4. The van der Waals surface area contributed by atoms with E-state index in [1.807, 2.05) is 19.1 Å². The van der Waals surface area contributed by atoms with E-state index in [9.17, 15) is 18.0 Å². The van der Waals surface area contributed by atoms with Crippen molar-refractivity contribution in [1.29, 1.82) is 0 Å². The molecule has 10 heteroatoms. The van der Waals surface area contributed by atoms with E-state index in [0.717, 1.165) is 5.57 Å². The second-order valence-corrected chi connectivity index (χ2v) is 9.00. The van der Waals surface area contributed by atoms with E-state index in [0.29, 0.717) is 42.0 Å². The summed E-state index contributed by atoms with van der Waals surface area (Å²) >= 11 is 0. The molecule has 3 heterocycles. The Morgan fingerprint density at radius 3 is 2.71 bits per heavy atom. The van der Waals surface area contributed by atoms with Gasteiger partial charge in [0, 0.05) is 24.4 Å². The topological polar surface area (TPSA) is 77.1 Å². The Bertz CT molecular complexity index is 1260. The number of hydrogen-bond donors (Lipinski definition) is 1. The van der Waals surface area contributed by atoms with Gasteiger partial charge in [0.1, 0.15) is 11.4 Å².